The van der Waals surface area contributed by atoms with Crippen molar-refractivity contribution in [2.24, 2.45) is 0 Å². The summed E-state index contributed by atoms with van der Waals surface area (Å²) in [6.07, 6.45) is 0. The predicted molar refractivity (Wildman–Crippen MR) is 68.3 cm³/mol. The van der Waals surface area contributed by atoms with Crippen LogP contribution in [0.1, 0.15) is 30.0 Å². The molecule has 0 bridgehead atoms. The summed E-state index contributed by atoms with van der Waals surface area (Å²) in [7, 11) is 0. The SMILES string of the molecule is Cc1nc2ccc(C(=O)CNC(C)C)cc2[nH]1. The number of nitrogens with zero attached hydrogens (tertiary/aromatic N) is 1. The molecular formula is C13H17N3O. The minimum absolute atomic E-state index is 0.104. The molecule has 0 aliphatic heterocycles. The second-order valence-electron chi connectivity index (χ2n) is 4.51. The van der Waals surface area contributed by atoms with Crippen LogP contribution in [0.3, 0.4) is 0 Å². The maximum absolute atomic E-state index is 11.9. The van der Waals surface area contributed by atoms with Crippen molar-refractivity contribution in [2.45, 2.75) is 26.8 Å². The maximum atomic E-state index is 11.9. The number of hydrogen-bond acceptors (Lipinski definition) is 3. The van der Waals surface area contributed by atoms with Crippen LogP contribution < -0.4 is 5.32 Å². The standard InChI is InChI=1S/C13H17N3O/c1-8(2)14-7-13(17)10-4-5-11-12(6-10)16-9(3)15-11/h4-6,8,14H,7H2,1-3H3,(H,15,16). The first kappa shape index (κ1) is 11.8. The van der Waals surface area contributed by atoms with Crippen molar-refractivity contribution in [1.82, 2.24) is 15.3 Å². The maximum Gasteiger partial charge on any atom is 0.176 e. The molecular weight excluding hydrogens is 214 g/mol. The van der Waals surface area contributed by atoms with Crippen LogP contribution in [0.4, 0.5) is 0 Å². The van der Waals surface area contributed by atoms with Gasteiger partial charge in [0.25, 0.3) is 0 Å². The quantitative estimate of drug-likeness (QED) is 0.792. The number of H-pyrrole nitrogens is 1. The van der Waals surface area contributed by atoms with Crippen molar-refractivity contribution in [3.05, 3.63) is 29.6 Å². The molecule has 0 fully saturated rings. The van der Waals surface area contributed by atoms with Gasteiger partial charge in [-0.3, -0.25) is 4.79 Å². The van der Waals surface area contributed by atoms with Crippen molar-refractivity contribution in [3.63, 3.8) is 0 Å². The summed E-state index contributed by atoms with van der Waals surface area (Å²) >= 11 is 0. The van der Waals surface area contributed by atoms with Gasteiger partial charge in [0.2, 0.25) is 0 Å². The van der Waals surface area contributed by atoms with Gasteiger partial charge in [-0.15, -0.1) is 0 Å². The molecule has 1 aromatic heterocycles. The average Bonchev–Trinajstić information content (AvgIpc) is 2.64. The van der Waals surface area contributed by atoms with Crippen molar-refractivity contribution < 1.29 is 4.79 Å². The average molecular weight is 231 g/mol. The van der Waals surface area contributed by atoms with E-state index in [0.29, 0.717) is 18.2 Å². The zero-order valence-electron chi connectivity index (χ0n) is 10.4. The normalized spacial score (nSPS) is 11.3. The minimum Gasteiger partial charge on any atom is -0.342 e. The van der Waals surface area contributed by atoms with Gasteiger partial charge in [-0.25, -0.2) is 4.98 Å². The fraction of sp³-hybridized carbons (Fsp3) is 0.385. The van der Waals surface area contributed by atoms with E-state index in [4.69, 9.17) is 0 Å². The Balaban J connectivity index is 2.20. The van der Waals surface area contributed by atoms with Gasteiger partial charge >= 0.3 is 0 Å². The molecule has 0 aliphatic rings. The highest BCUT2D eigenvalue weighted by Crippen LogP contribution is 2.13. The van der Waals surface area contributed by atoms with Crippen LogP contribution in [0, 0.1) is 6.92 Å². The van der Waals surface area contributed by atoms with Gasteiger partial charge in [0.05, 0.1) is 17.6 Å². The van der Waals surface area contributed by atoms with Gasteiger partial charge in [-0.1, -0.05) is 13.8 Å². The molecule has 0 radical (unpaired) electrons. The van der Waals surface area contributed by atoms with Gasteiger partial charge in [-0.05, 0) is 25.1 Å². The number of aromatic amines is 1. The summed E-state index contributed by atoms with van der Waals surface area (Å²) in [5.74, 6) is 0.970. The molecule has 0 spiro atoms. The van der Waals surface area contributed by atoms with Crippen LogP contribution in [0.15, 0.2) is 18.2 Å². The summed E-state index contributed by atoms with van der Waals surface area (Å²) in [5.41, 5.74) is 2.53. The lowest BCUT2D eigenvalue weighted by Crippen LogP contribution is -2.29. The number of aryl methyl sites for hydroxylation is 1. The smallest absolute Gasteiger partial charge is 0.176 e. The molecule has 90 valence electrons. The lowest BCUT2D eigenvalue weighted by atomic mass is 10.1. The Morgan fingerprint density at radius 1 is 1.47 bits per heavy atom. The second kappa shape index (κ2) is 4.67. The van der Waals surface area contributed by atoms with Gasteiger partial charge in [0.1, 0.15) is 5.82 Å². The second-order valence-corrected chi connectivity index (χ2v) is 4.51. The van der Waals surface area contributed by atoms with E-state index >= 15 is 0 Å². The molecule has 0 atom stereocenters. The summed E-state index contributed by atoms with van der Waals surface area (Å²) in [4.78, 5) is 19.3. The first-order valence-electron chi connectivity index (χ1n) is 5.79. The number of carbonyl (C=O) groups excluding carboxylic acids is 1. The van der Waals surface area contributed by atoms with Gasteiger partial charge in [-0.2, -0.15) is 0 Å². The summed E-state index contributed by atoms with van der Waals surface area (Å²) in [5, 5.41) is 3.12. The molecule has 0 saturated carbocycles. The van der Waals surface area contributed by atoms with E-state index in [-0.39, 0.29) is 5.78 Å². The Morgan fingerprint density at radius 2 is 2.24 bits per heavy atom. The van der Waals surface area contributed by atoms with Crippen molar-refractivity contribution in [1.29, 1.82) is 0 Å². The number of nitrogens with one attached hydrogen (secondary N) is 2. The Bertz CT molecular complexity index is 543. The summed E-state index contributed by atoms with van der Waals surface area (Å²) in [6.45, 7) is 6.32. The Labute approximate surface area is 100 Å². The van der Waals surface area contributed by atoms with Crippen LogP contribution in [-0.2, 0) is 0 Å². The number of carbonyl (C=O) groups is 1. The topological polar surface area (TPSA) is 57.8 Å². The largest absolute Gasteiger partial charge is 0.342 e. The first-order chi connectivity index (χ1) is 8.06. The number of ketones is 1. The lowest BCUT2D eigenvalue weighted by molar-refractivity contribution is 0.0988. The molecule has 0 unspecified atom stereocenters. The molecule has 0 aliphatic carbocycles. The molecule has 0 amide bonds. The molecule has 1 heterocycles. The molecule has 17 heavy (non-hydrogen) atoms. The third-order valence-corrected chi connectivity index (χ3v) is 2.59. The number of Topliss-reactive ketones (excluding diaryl/α,β-unsaturated/α-hetero) is 1. The van der Waals surface area contributed by atoms with Crippen LogP contribution in [-0.4, -0.2) is 28.3 Å². The fourth-order valence-electron chi connectivity index (χ4n) is 1.71. The number of hydrogen-bond donors (Lipinski definition) is 2. The number of fused-ring (bicyclic) bond motifs is 1. The van der Waals surface area contributed by atoms with E-state index in [0.717, 1.165) is 16.9 Å². The zero-order chi connectivity index (χ0) is 12.4. The molecule has 2 N–H and O–H groups in total. The Hall–Kier alpha value is -1.68. The third kappa shape index (κ3) is 2.71. The molecule has 0 saturated heterocycles. The van der Waals surface area contributed by atoms with E-state index in [2.05, 4.69) is 15.3 Å². The third-order valence-electron chi connectivity index (χ3n) is 2.59. The van der Waals surface area contributed by atoms with E-state index < -0.39 is 0 Å². The minimum atomic E-state index is 0.104. The highest BCUT2D eigenvalue weighted by molar-refractivity contribution is 6.00. The zero-order valence-corrected chi connectivity index (χ0v) is 10.4. The molecule has 4 heteroatoms. The molecule has 1 aromatic carbocycles. The highest BCUT2D eigenvalue weighted by Gasteiger charge is 2.08. The lowest BCUT2D eigenvalue weighted by Gasteiger charge is -2.06. The van der Waals surface area contributed by atoms with E-state index in [1.54, 1.807) is 0 Å². The number of rotatable bonds is 4. The van der Waals surface area contributed by atoms with E-state index in [1.807, 2.05) is 39.0 Å². The molecule has 4 nitrogen and oxygen atoms in total. The monoisotopic (exact) mass is 231 g/mol. The van der Waals surface area contributed by atoms with E-state index in [1.165, 1.54) is 0 Å². The predicted octanol–water partition coefficient (Wildman–Crippen LogP) is 2.05. The summed E-state index contributed by atoms with van der Waals surface area (Å²) in [6, 6.07) is 5.88. The Kier molecular flexibility index (Phi) is 3.24. The van der Waals surface area contributed by atoms with Crippen molar-refractivity contribution in [3.8, 4) is 0 Å². The highest BCUT2D eigenvalue weighted by atomic mass is 16.1. The van der Waals surface area contributed by atoms with Gasteiger partial charge in [0, 0.05) is 11.6 Å². The van der Waals surface area contributed by atoms with E-state index in [9.17, 15) is 4.79 Å². The molecule has 2 rings (SSSR count). The van der Waals surface area contributed by atoms with Crippen LogP contribution in [0.2, 0.25) is 0 Å². The van der Waals surface area contributed by atoms with Gasteiger partial charge in [0.15, 0.2) is 5.78 Å². The summed E-state index contributed by atoms with van der Waals surface area (Å²) < 4.78 is 0. The first-order valence-corrected chi connectivity index (χ1v) is 5.79. The van der Waals surface area contributed by atoms with Crippen molar-refractivity contribution >= 4 is 16.8 Å². The van der Waals surface area contributed by atoms with Crippen LogP contribution in [0.25, 0.3) is 11.0 Å². The van der Waals surface area contributed by atoms with Crippen LogP contribution >= 0.6 is 0 Å². The van der Waals surface area contributed by atoms with Gasteiger partial charge < -0.3 is 10.3 Å². The number of aromatic nitrogens is 2. The number of benzene rings is 1. The number of imidazole rings is 1. The van der Waals surface area contributed by atoms with Crippen molar-refractivity contribution in [2.75, 3.05) is 6.54 Å². The Morgan fingerprint density at radius 3 is 2.94 bits per heavy atom. The van der Waals surface area contributed by atoms with Crippen LogP contribution in [0.5, 0.6) is 0 Å². The fourth-order valence-corrected chi connectivity index (χ4v) is 1.71. The molecule has 2 aromatic rings.